The van der Waals surface area contributed by atoms with Crippen LogP contribution in [0.2, 0.25) is 0 Å². The van der Waals surface area contributed by atoms with Crippen LogP contribution in [0.1, 0.15) is 39.4 Å². The zero-order valence-electron chi connectivity index (χ0n) is 25.5. The van der Waals surface area contributed by atoms with E-state index in [1.807, 2.05) is 48.5 Å². The highest BCUT2D eigenvalue weighted by atomic mass is 16.5. The molecule has 44 heavy (non-hydrogen) atoms. The van der Waals surface area contributed by atoms with E-state index in [9.17, 15) is 5.11 Å². The molecule has 0 aromatic heterocycles. The van der Waals surface area contributed by atoms with Crippen LogP contribution in [0, 0.1) is 0 Å². The second kappa shape index (κ2) is 11.4. The molecular weight excluding hydrogens is 556 g/mol. The van der Waals surface area contributed by atoms with Crippen LogP contribution in [0.25, 0.3) is 0 Å². The van der Waals surface area contributed by atoms with Crippen molar-refractivity contribution in [1.82, 2.24) is 4.90 Å². The molecule has 1 unspecified atom stereocenters. The number of phenolic OH excluding ortho intramolecular Hbond substituents is 1. The Morgan fingerprint density at radius 1 is 0.795 bits per heavy atom. The van der Waals surface area contributed by atoms with Crippen LogP contribution < -0.4 is 23.7 Å². The van der Waals surface area contributed by atoms with Gasteiger partial charge in [0.15, 0.2) is 34.5 Å². The van der Waals surface area contributed by atoms with Crippen molar-refractivity contribution in [2.45, 2.75) is 31.7 Å². The first-order valence-corrected chi connectivity index (χ1v) is 14.9. The summed E-state index contributed by atoms with van der Waals surface area (Å²) in [5.74, 6) is 3.93. The largest absolute Gasteiger partial charge is 0.502 e. The molecule has 4 aromatic carbocycles. The van der Waals surface area contributed by atoms with Crippen molar-refractivity contribution in [3.05, 3.63) is 94.0 Å². The lowest BCUT2D eigenvalue weighted by atomic mass is 9.87. The first-order valence-electron chi connectivity index (χ1n) is 14.9. The molecule has 0 spiro atoms. The zero-order chi connectivity index (χ0) is 30.4. The van der Waals surface area contributed by atoms with E-state index in [1.54, 1.807) is 21.3 Å². The van der Waals surface area contributed by atoms with Crippen molar-refractivity contribution in [3.8, 4) is 46.0 Å². The highest BCUT2D eigenvalue weighted by Gasteiger charge is 2.33. The fourth-order valence-electron chi connectivity index (χ4n) is 6.57. The molecule has 0 saturated carbocycles. The van der Waals surface area contributed by atoms with Gasteiger partial charge < -0.3 is 28.8 Å². The number of rotatable bonds is 3. The van der Waals surface area contributed by atoms with Gasteiger partial charge in [-0.25, -0.2) is 0 Å². The average Bonchev–Trinajstić information content (AvgIpc) is 3.04. The number of methoxy groups -OCH3 is 3. The van der Waals surface area contributed by atoms with Gasteiger partial charge in [0, 0.05) is 42.4 Å². The minimum Gasteiger partial charge on any atom is -0.502 e. The number of phenols is 1. The second-order valence-corrected chi connectivity index (χ2v) is 11.5. The monoisotopic (exact) mass is 592 g/mol. The number of aliphatic imine (C=N–C) groups is 1. The molecule has 1 atom stereocenters. The summed E-state index contributed by atoms with van der Waals surface area (Å²) in [4.78, 5) is 7.26. The van der Waals surface area contributed by atoms with Gasteiger partial charge in [-0.15, -0.1) is 0 Å². The standard InChI is InChI=1S/C36H36N2O6/c1-38-14-12-24-19-33(42-4)35(39)36-34(24)28(38)16-21-5-8-25(9-6-21)43-31-17-22(7-10-29(31)40-2)15-27-26-20-32(44-36)30(41-3)18-23(26)11-13-37-27/h5-10,17-20,28,39H,11-16H2,1-4H3. The van der Waals surface area contributed by atoms with Gasteiger partial charge in [-0.05, 0) is 91.0 Å². The minimum absolute atomic E-state index is 0.0240. The van der Waals surface area contributed by atoms with Gasteiger partial charge in [-0.1, -0.05) is 18.2 Å². The summed E-state index contributed by atoms with van der Waals surface area (Å²) in [6, 6.07) is 20.1. The molecule has 0 saturated heterocycles. The highest BCUT2D eigenvalue weighted by molar-refractivity contribution is 6.04. The number of fused-ring (bicyclic) bond motifs is 2. The molecule has 4 aliphatic heterocycles. The van der Waals surface area contributed by atoms with Crippen LogP contribution in [0.4, 0.5) is 0 Å². The number of likely N-dealkylation sites (N-methyl/N-ethyl adjacent to an activating group) is 1. The van der Waals surface area contributed by atoms with E-state index in [4.69, 9.17) is 28.7 Å². The van der Waals surface area contributed by atoms with Gasteiger partial charge in [-0.3, -0.25) is 9.89 Å². The molecule has 4 heterocycles. The van der Waals surface area contributed by atoms with Crippen LogP contribution in [0.15, 0.2) is 65.7 Å². The molecule has 226 valence electrons. The first-order chi connectivity index (χ1) is 21.4. The predicted octanol–water partition coefficient (Wildman–Crippen LogP) is 6.68. The SMILES string of the molecule is COc1ccc2cc1Oc1ccc(cc1)CC1c3c(cc(OC)c(O)c3Oc3cc4c(cc3OC)CCN=C4C2)CCN1C. The van der Waals surface area contributed by atoms with Crippen molar-refractivity contribution in [1.29, 1.82) is 0 Å². The van der Waals surface area contributed by atoms with E-state index < -0.39 is 0 Å². The molecule has 0 amide bonds. The van der Waals surface area contributed by atoms with Crippen LogP contribution in [-0.4, -0.2) is 57.2 Å². The number of ether oxygens (including phenoxy) is 5. The maximum atomic E-state index is 11.6. The first kappa shape index (κ1) is 28.1. The fourth-order valence-corrected chi connectivity index (χ4v) is 6.57. The maximum Gasteiger partial charge on any atom is 0.201 e. The molecule has 0 fully saturated rings. The third kappa shape index (κ3) is 4.99. The predicted molar refractivity (Wildman–Crippen MR) is 169 cm³/mol. The number of benzene rings is 4. The summed E-state index contributed by atoms with van der Waals surface area (Å²) in [6.45, 7) is 1.56. The van der Waals surface area contributed by atoms with Crippen molar-refractivity contribution >= 4 is 5.71 Å². The molecule has 8 nitrogen and oxygen atoms in total. The lowest BCUT2D eigenvalue weighted by Gasteiger charge is -2.36. The lowest BCUT2D eigenvalue weighted by Crippen LogP contribution is -2.33. The summed E-state index contributed by atoms with van der Waals surface area (Å²) in [7, 11) is 6.98. The second-order valence-electron chi connectivity index (χ2n) is 11.5. The molecular formula is C36H36N2O6. The number of hydrogen-bond acceptors (Lipinski definition) is 8. The van der Waals surface area contributed by atoms with Gasteiger partial charge in [0.1, 0.15) is 5.75 Å². The van der Waals surface area contributed by atoms with Gasteiger partial charge in [0.2, 0.25) is 5.75 Å². The van der Waals surface area contributed by atoms with Crippen LogP contribution in [0.3, 0.4) is 0 Å². The van der Waals surface area contributed by atoms with Gasteiger partial charge in [0.05, 0.1) is 21.3 Å². The smallest absolute Gasteiger partial charge is 0.201 e. The highest BCUT2D eigenvalue weighted by Crippen LogP contribution is 2.50. The molecule has 4 aliphatic rings. The maximum absolute atomic E-state index is 11.6. The van der Waals surface area contributed by atoms with Crippen molar-refractivity contribution in [2.75, 3.05) is 41.5 Å². The molecule has 6 bridgehead atoms. The van der Waals surface area contributed by atoms with Gasteiger partial charge >= 0.3 is 0 Å². The zero-order valence-corrected chi connectivity index (χ0v) is 25.5. The Morgan fingerprint density at radius 3 is 2.30 bits per heavy atom. The summed E-state index contributed by atoms with van der Waals surface area (Å²) in [6.07, 6.45) is 2.92. The number of nitrogens with zero attached hydrogens (tertiary/aromatic N) is 2. The minimum atomic E-state index is -0.0475. The van der Waals surface area contributed by atoms with Crippen molar-refractivity contribution in [2.24, 2.45) is 4.99 Å². The Kier molecular flexibility index (Phi) is 7.30. The summed E-state index contributed by atoms with van der Waals surface area (Å²) < 4.78 is 30.2. The van der Waals surface area contributed by atoms with E-state index in [-0.39, 0.29) is 11.8 Å². The molecule has 0 aliphatic carbocycles. The lowest BCUT2D eigenvalue weighted by molar-refractivity contribution is 0.221. The van der Waals surface area contributed by atoms with Crippen LogP contribution in [0.5, 0.6) is 46.0 Å². The van der Waals surface area contributed by atoms with E-state index in [0.717, 1.165) is 64.2 Å². The molecule has 8 heteroatoms. The normalized spacial score (nSPS) is 17.3. The van der Waals surface area contributed by atoms with Crippen molar-refractivity contribution < 1.29 is 28.8 Å². The van der Waals surface area contributed by atoms with Gasteiger partial charge in [0.25, 0.3) is 0 Å². The van der Waals surface area contributed by atoms with E-state index in [2.05, 4.69) is 24.1 Å². The number of hydrogen-bond donors (Lipinski definition) is 1. The average molecular weight is 593 g/mol. The Hall–Kier alpha value is -4.69. The molecule has 0 radical (unpaired) electrons. The third-order valence-electron chi connectivity index (χ3n) is 8.94. The van der Waals surface area contributed by atoms with E-state index >= 15 is 0 Å². The summed E-state index contributed by atoms with van der Waals surface area (Å²) >= 11 is 0. The Balaban J connectivity index is 1.44. The molecule has 1 N–H and O–H groups in total. The van der Waals surface area contributed by atoms with Crippen LogP contribution in [-0.2, 0) is 25.7 Å². The van der Waals surface area contributed by atoms with Crippen LogP contribution >= 0.6 is 0 Å². The Labute approximate surface area is 257 Å². The van der Waals surface area contributed by atoms with Crippen molar-refractivity contribution in [3.63, 3.8) is 0 Å². The molecule has 4 aromatic rings. The fraction of sp³-hybridized carbons (Fsp3) is 0.306. The topological polar surface area (TPSA) is 82.0 Å². The summed E-state index contributed by atoms with van der Waals surface area (Å²) in [5, 5.41) is 11.6. The number of aromatic hydroxyl groups is 1. The third-order valence-corrected chi connectivity index (χ3v) is 8.94. The van der Waals surface area contributed by atoms with E-state index in [1.165, 1.54) is 0 Å². The summed E-state index contributed by atoms with van der Waals surface area (Å²) in [5.41, 5.74) is 7.34. The quantitative estimate of drug-likeness (QED) is 0.284. The van der Waals surface area contributed by atoms with Gasteiger partial charge in [-0.2, -0.15) is 0 Å². The Bertz CT molecular complexity index is 1760. The molecule has 8 rings (SSSR count). The van der Waals surface area contributed by atoms with E-state index in [0.29, 0.717) is 53.9 Å². The Morgan fingerprint density at radius 2 is 1.52 bits per heavy atom.